The van der Waals surface area contributed by atoms with Gasteiger partial charge in [-0.1, -0.05) is 0 Å². The molecule has 0 bridgehead atoms. The molecule has 3 aromatic heterocycles. The van der Waals surface area contributed by atoms with Crippen LogP contribution in [0.25, 0.3) is 16.6 Å². The van der Waals surface area contributed by atoms with Crippen molar-refractivity contribution in [1.29, 1.82) is 0 Å². The Labute approximate surface area is 131 Å². The molecule has 0 atom stereocenters. The third-order valence-electron chi connectivity index (χ3n) is 2.85. The van der Waals surface area contributed by atoms with Gasteiger partial charge in [-0.05, 0) is 30.3 Å². The molecule has 0 aliphatic carbocycles. The van der Waals surface area contributed by atoms with Crippen LogP contribution in [0, 0.1) is 0 Å². The van der Waals surface area contributed by atoms with E-state index in [1.54, 1.807) is 36.9 Å². The Morgan fingerprint density at radius 1 is 1.36 bits per heavy atom. The van der Waals surface area contributed by atoms with Gasteiger partial charge in [-0.25, -0.2) is 4.98 Å². The Bertz CT molecular complexity index is 764. The molecule has 0 unspecified atom stereocenters. The molecule has 110 valence electrons. The smallest absolute Gasteiger partial charge is 0.244 e. The number of nitrogens with zero attached hydrogens (tertiary/aromatic N) is 2. The average molecular weight is 311 g/mol. The third kappa shape index (κ3) is 3.67. The van der Waals surface area contributed by atoms with Gasteiger partial charge in [-0.2, -0.15) is 0 Å². The summed E-state index contributed by atoms with van der Waals surface area (Å²) in [5.74, 6) is 0.454. The van der Waals surface area contributed by atoms with Crippen LogP contribution in [0.3, 0.4) is 0 Å². The van der Waals surface area contributed by atoms with E-state index in [1.165, 1.54) is 17.4 Å². The molecular formula is C16H13N3O2S. The first kappa shape index (κ1) is 14.2. The van der Waals surface area contributed by atoms with Gasteiger partial charge in [0.25, 0.3) is 0 Å². The molecule has 1 amide bonds. The van der Waals surface area contributed by atoms with Gasteiger partial charge in [0.15, 0.2) is 0 Å². The Morgan fingerprint density at radius 2 is 2.32 bits per heavy atom. The number of pyridine rings is 1. The van der Waals surface area contributed by atoms with Crippen LogP contribution in [-0.2, 0) is 11.3 Å². The van der Waals surface area contributed by atoms with Crippen LogP contribution in [-0.4, -0.2) is 15.9 Å². The SMILES string of the molecule is O=C(/C=C/c1ccco1)NCc1csc(-c2cccnc2)n1. The summed E-state index contributed by atoms with van der Waals surface area (Å²) in [6.45, 7) is 0.387. The van der Waals surface area contributed by atoms with Gasteiger partial charge in [-0.15, -0.1) is 11.3 Å². The van der Waals surface area contributed by atoms with Gasteiger partial charge >= 0.3 is 0 Å². The molecule has 0 spiro atoms. The van der Waals surface area contributed by atoms with Crippen molar-refractivity contribution in [3.8, 4) is 10.6 Å². The number of hydrogen-bond acceptors (Lipinski definition) is 5. The van der Waals surface area contributed by atoms with Crippen molar-refractivity contribution in [2.24, 2.45) is 0 Å². The minimum absolute atomic E-state index is 0.188. The quantitative estimate of drug-likeness (QED) is 0.735. The van der Waals surface area contributed by atoms with Crippen LogP contribution in [0.15, 0.2) is 58.8 Å². The number of carbonyl (C=O) groups excluding carboxylic acids is 1. The van der Waals surface area contributed by atoms with E-state index in [-0.39, 0.29) is 5.91 Å². The lowest BCUT2D eigenvalue weighted by atomic mass is 10.3. The van der Waals surface area contributed by atoms with Gasteiger partial charge in [0.1, 0.15) is 10.8 Å². The van der Waals surface area contributed by atoms with Crippen molar-refractivity contribution >= 4 is 23.3 Å². The van der Waals surface area contributed by atoms with Crippen LogP contribution < -0.4 is 5.32 Å². The fraction of sp³-hybridized carbons (Fsp3) is 0.0625. The van der Waals surface area contributed by atoms with E-state index >= 15 is 0 Å². The molecule has 0 saturated carbocycles. The highest BCUT2D eigenvalue weighted by atomic mass is 32.1. The average Bonchev–Trinajstić information content (AvgIpc) is 3.23. The minimum Gasteiger partial charge on any atom is -0.465 e. The summed E-state index contributed by atoms with van der Waals surface area (Å²) in [5.41, 5.74) is 1.80. The van der Waals surface area contributed by atoms with Gasteiger partial charge in [-0.3, -0.25) is 9.78 Å². The van der Waals surface area contributed by atoms with Crippen molar-refractivity contribution in [2.75, 3.05) is 0 Å². The highest BCUT2D eigenvalue weighted by molar-refractivity contribution is 7.13. The number of amides is 1. The molecule has 0 aliphatic rings. The number of rotatable bonds is 5. The third-order valence-corrected chi connectivity index (χ3v) is 3.79. The molecule has 0 aliphatic heterocycles. The molecule has 0 saturated heterocycles. The van der Waals surface area contributed by atoms with Crippen LogP contribution in [0.1, 0.15) is 11.5 Å². The lowest BCUT2D eigenvalue weighted by molar-refractivity contribution is -0.116. The highest BCUT2D eigenvalue weighted by Crippen LogP contribution is 2.22. The van der Waals surface area contributed by atoms with Crippen molar-refractivity contribution in [2.45, 2.75) is 6.54 Å². The molecule has 1 N–H and O–H groups in total. The van der Waals surface area contributed by atoms with Crippen LogP contribution in [0.2, 0.25) is 0 Å². The summed E-state index contributed by atoms with van der Waals surface area (Å²) in [6.07, 6.45) is 8.12. The zero-order valence-corrected chi connectivity index (χ0v) is 12.4. The normalized spacial score (nSPS) is 10.9. The van der Waals surface area contributed by atoms with Gasteiger partial charge < -0.3 is 9.73 Å². The fourth-order valence-electron chi connectivity index (χ4n) is 1.79. The van der Waals surface area contributed by atoms with E-state index in [4.69, 9.17) is 4.42 Å². The maximum Gasteiger partial charge on any atom is 0.244 e. The summed E-state index contributed by atoms with van der Waals surface area (Å²) in [4.78, 5) is 20.3. The van der Waals surface area contributed by atoms with Crippen molar-refractivity contribution < 1.29 is 9.21 Å². The molecule has 0 aromatic carbocycles. The number of aromatic nitrogens is 2. The lowest BCUT2D eigenvalue weighted by Gasteiger charge is -1.98. The van der Waals surface area contributed by atoms with Crippen molar-refractivity contribution in [1.82, 2.24) is 15.3 Å². The first-order chi connectivity index (χ1) is 10.8. The second-order valence-electron chi connectivity index (χ2n) is 4.45. The Morgan fingerprint density at radius 3 is 3.09 bits per heavy atom. The highest BCUT2D eigenvalue weighted by Gasteiger charge is 2.05. The zero-order valence-electron chi connectivity index (χ0n) is 11.6. The summed E-state index contributed by atoms with van der Waals surface area (Å²) in [7, 11) is 0. The Hall–Kier alpha value is -2.73. The number of furan rings is 1. The number of carbonyl (C=O) groups is 1. The van der Waals surface area contributed by atoms with E-state index in [1.807, 2.05) is 17.5 Å². The molecule has 22 heavy (non-hydrogen) atoms. The summed E-state index contributed by atoms with van der Waals surface area (Å²) >= 11 is 1.53. The summed E-state index contributed by atoms with van der Waals surface area (Å²) in [6, 6.07) is 7.38. The molecule has 0 radical (unpaired) electrons. The standard InChI is InChI=1S/C16H13N3O2S/c20-15(6-5-14-4-2-8-21-14)18-10-13-11-22-16(19-13)12-3-1-7-17-9-12/h1-9,11H,10H2,(H,18,20)/b6-5+. The van der Waals surface area contributed by atoms with E-state index < -0.39 is 0 Å². The number of thiazole rings is 1. The Kier molecular flexibility index (Phi) is 4.41. The first-order valence-corrected chi connectivity index (χ1v) is 7.53. The van der Waals surface area contributed by atoms with Gasteiger partial charge in [0, 0.05) is 29.4 Å². The molecule has 0 fully saturated rings. The predicted octanol–water partition coefficient (Wildman–Crippen LogP) is 3.13. The van der Waals surface area contributed by atoms with Gasteiger partial charge in [0.2, 0.25) is 5.91 Å². The largest absolute Gasteiger partial charge is 0.465 e. The Balaban J connectivity index is 1.56. The van der Waals surface area contributed by atoms with E-state index in [0.717, 1.165) is 16.3 Å². The van der Waals surface area contributed by atoms with E-state index in [2.05, 4.69) is 15.3 Å². The van der Waals surface area contributed by atoms with E-state index in [9.17, 15) is 4.79 Å². The maximum atomic E-state index is 11.7. The second kappa shape index (κ2) is 6.82. The van der Waals surface area contributed by atoms with E-state index in [0.29, 0.717) is 12.3 Å². The molecule has 6 heteroatoms. The maximum absolute atomic E-state index is 11.7. The molecule has 3 aromatic rings. The van der Waals surface area contributed by atoms with Crippen LogP contribution in [0.5, 0.6) is 0 Å². The van der Waals surface area contributed by atoms with Crippen LogP contribution in [0.4, 0.5) is 0 Å². The fourth-order valence-corrected chi connectivity index (χ4v) is 2.60. The molecule has 3 rings (SSSR count). The lowest BCUT2D eigenvalue weighted by Crippen LogP contribution is -2.20. The second-order valence-corrected chi connectivity index (χ2v) is 5.31. The van der Waals surface area contributed by atoms with Crippen molar-refractivity contribution in [3.05, 3.63) is 65.8 Å². The van der Waals surface area contributed by atoms with Crippen LogP contribution >= 0.6 is 11.3 Å². The molecule has 3 heterocycles. The van der Waals surface area contributed by atoms with Gasteiger partial charge in [0.05, 0.1) is 18.5 Å². The summed E-state index contributed by atoms with van der Waals surface area (Å²) < 4.78 is 5.12. The molecule has 5 nitrogen and oxygen atoms in total. The number of nitrogens with one attached hydrogen (secondary N) is 1. The minimum atomic E-state index is -0.188. The monoisotopic (exact) mass is 311 g/mol. The number of hydrogen-bond donors (Lipinski definition) is 1. The first-order valence-electron chi connectivity index (χ1n) is 6.65. The topological polar surface area (TPSA) is 68.0 Å². The summed E-state index contributed by atoms with van der Waals surface area (Å²) in [5, 5.41) is 5.61. The molecular weight excluding hydrogens is 298 g/mol. The predicted molar refractivity (Wildman–Crippen MR) is 84.9 cm³/mol. The zero-order chi connectivity index (χ0) is 15.2. The van der Waals surface area contributed by atoms with Crippen molar-refractivity contribution in [3.63, 3.8) is 0 Å².